The van der Waals surface area contributed by atoms with Crippen LogP contribution in [0.3, 0.4) is 0 Å². The monoisotopic (exact) mass is 346 g/mol. The quantitative estimate of drug-likeness (QED) is 0.240. The molecule has 1 aliphatic rings. The fourth-order valence-corrected chi connectivity index (χ4v) is 5.06. The molecule has 5 aromatic rings. The van der Waals surface area contributed by atoms with Crippen LogP contribution in [0.5, 0.6) is 0 Å². The van der Waals surface area contributed by atoms with Gasteiger partial charge in [0, 0.05) is 6.07 Å². The SMILES string of the molecule is Cc1c2c(cc3c4ccccc4c4ccc[n+](C)c4c13)-c1ccccc1C2. The van der Waals surface area contributed by atoms with Gasteiger partial charge in [-0.2, -0.15) is 0 Å². The Morgan fingerprint density at radius 2 is 1.44 bits per heavy atom. The average molecular weight is 346 g/mol. The first-order valence-corrected chi connectivity index (χ1v) is 9.57. The van der Waals surface area contributed by atoms with Crippen LogP contribution in [0, 0.1) is 6.92 Å². The summed E-state index contributed by atoms with van der Waals surface area (Å²) in [5.74, 6) is 0. The highest BCUT2D eigenvalue weighted by molar-refractivity contribution is 6.25. The summed E-state index contributed by atoms with van der Waals surface area (Å²) >= 11 is 0. The lowest BCUT2D eigenvalue weighted by molar-refractivity contribution is -0.644. The van der Waals surface area contributed by atoms with E-state index >= 15 is 0 Å². The van der Waals surface area contributed by atoms with Gasteiger partial charge < -0.3 is 0 Å². The summed E-state index contributed by atoms with van der Waals surface area (Å²) in [4.78, 5) is 0. The van der Waals surface area contributed by atoms with Crippen molar-refractivity contribution < 1.29 is 4.57 Å². The van der Waals surface area contributed by atoms with E-state index in [-0.39, 0.29) is 0 Å². The first kappa shape index (κ1) is 14.9. The van der Waals surface area contributed by atoms with E-state index in [0.29, 0.717) is 0 Å². The molecule has 0 amide bonds. The number of aryl methyl sites for hydroxylation is 2. The van der Waals surface area contributed by atoms with Gasteiger partial charge in [0.05, 0.1) is 10.8 Å². The molecule has 0 unspecified atom stereocenters. The van der Waals surface area contributed by atoms with Crippen molar-refractivity contribution in [2.24, 2.45) is 7.05 Å². The Kier molecular flexibility index (Phi) is 2.86. The van der Waals surface area contributed by atoms with Crippen molar-refractivity contribution >= 4 is 32.4 Å². The smallest absolute Gasteiger partial charge is 0.200 e. The lowest BCUT2D eigenvalue weighted by Crippen LogP contribution is -2.28. The summed E-state index contributed by atoms with van der Waals surface area (Å²) in [6, 6.07) is 24.6. The average Bonchev–Trinajstić information content (AvgIpc) is 3.08. The number of rotatable bonds is 0. The predicted molar refractivity (Wildman–Crippen MR) is 113 cm³/mol. The molecule has 0 radical (unpaired) electrons. The summed E-state index contributed by atoms with van der Waals surface area (Å²) in [5, 5.41) is 6.79. The van der Waals surface area contributed by atoms with E-state index < -0.39 is 0 Å². The van der Waals surface area contributed by atoms with Gasteiger partial charge in [0.15, 0.2) is 6.20 Å². The Morgan fingerprint density at radius 3 is 2.30 bits per heavy atom. The Balaban J connectivity index is 1.92. The number of nitrogens with zero attached hydrogens (tertiary/aromatic N) is 1. The number of benzene rings is 4. The third-order valence-corrected chi connectivity index (χ3v) is 6.31. The van der Waals surface area contributed by atoms with Gasteiger partial charge in [-0.15, -0.1) is 0 Å². The molecule has 0 N–H and O–H groups in total. The highest BCUT2D eigenvalue weighted by Gasteiger charge is 2.25. The molecule has 4 aromatic carbocycles. The van der Waals surface area contributed by atoms with Crippen molar-refractivity contribution in [3.8, 4) is 11.1 Å². The van der Waals surface area contributed by atoms with Gasteiger partial charge in [0.25, 0.3) is 0 Å². The lowest BCUT2D eigenvalue weighted by atomic mass is 9.89. The molecule has 1 nitrogen and oxygen atoms in total. The van der Waals surface area contributed by atoms with Crippen LogP contribution in [0.25, 0.3) is 43.6 Å². The van der Waals surface area contributed by atoms with Crippen LogP contribution in [0.15, 0.2) is 72.9 Å². The molecule has 1 aliphatic carbocycles. The Morgan fingerprint density at radius 1 is 0.741 bits per heavy atom. The maximum atomic E-state index is 2.44. The predicted octanol–water partition coefficient (Wildman–Crippen LogP) is 5.85. The third-order valence-electron chi connectivity index (χ3n) is 6.31. The largest absolute Gasteiger partial charge is 0.221 e. The molecule has 1 aromatic heterocycles. The van der Waals surface area contributed by atoms with Gasteiger partial charge in [-0.3, -0.25) is 0 Å². The Labute approximate surface area is 158 Å². The number of fused-ring (bicyclic) bond motifs is 9. The second kappa shape index (κ2) is 5.17. The molecule has 1 heterocycles. The second-order valence-electron chi connectivity index (χ2n) is 7.71. The van der Waals surface area contributed by atoms with E-state index in [1.165, 1.54) is 60.3 Å². The molecule has 0 saturated heterocycles. The third kappa shape index (κ3) is 1.86. The molecule has 0 atom stereocenters. The first-order valence-electron chi connectivity index (χ1n) is 9.57. The van der Waals surface area contributed by atoms with Crippen molar-refractivity contribution in [3.63, 3.8) is 0 Å². The first-order chi connectivity index (χ1) is 13.2. The highest BCUT2D eigenvalue weighted by atomic mass is 14.9. The molecule has 0 saturated carbocycles. The fourth-order valence-electron chi connectivity index (χ4n) is 5.06. The maximum absolute atomic E-state index is 2.44. The van der Waals surface area contributed by atoms with Gasteiger partial charge in [0.1, 0.15) is 7.05 Å². The van der Waals surface area contributed by atoms with Crippen LogP contribution in [-0.2, 0) is 13.5 Å². The topological polar surface area (TPSA) is 3.88 Å². The minimum atomic E-state index is 1.04. The second-order valence-corrected chi connectivity index (χ2v) is 7.71. The van der Waals surface area contributed by atoms with Crippen LogP contribution in [-0.4, -0.2) is 0 Å². The highest BCUT2D eigenvalue weighted by Crippen LogP contribution is 2.44. The summed E-state index contributed by atoms with van der Waals surface area (Å²) < 4.78 is 2.28. The zero-order valence-electron chi connectivity index (χ0n) is 15.6. The molecule has 128 valence electrons. The van der Waals surface area contributed by atoms with E-state index in [0.717, 1.165) is 6.42 Å². The van der Waals surface area contributed by atoms with Gasteiger partial charge >= 0.3 is 0 Å². The van der Waals surface area contributed by atoms with Crippen molar-refractivity contribution in [2.45, 2.75) is 13.3 Å². The normalized spacial score (nSPS) is 12.7. The molecule has 6 rings (SSSR count). The molecule has 0 bridgehead atoms. The van der Waals surface area contributed by atoms with E-state index in [1.54, 1.807) is 0 Å². The van der Waals surface area contributed by atoms with Crippen LogP contribution in [0.2, 0.25) is 0 Å². The number of hydrogen-bond donors (Lipinski definition) is 0. The van der Waals surface area contributed by atoms with E-state index in [2.05, 4.69) is 91.5 Å². The maximum Gasteiger partial charge on any atom is 0.221 e. The summed E-state index contributed by atoms with van der Waals surface area (Å²) in [7, 11) is 2.16. The van der Waals surface area contributed by atoms with Crippen molar-refractivity contribution in [2.75, 3.05) is 0 Å². The molecular weight excluding hydrogens is 326 g/mol. The fraction of sp³-hybridized carbons (Fsp3) is 0.115. The van der Waals surface area contributed by atoms with E-state index in [9.17, 15) is 0 Å². The summed E-state index contributed by atoms with van der Waals surface area (Å²) in [5.41, 5.74) is 8.52. The molecular formula is C26H20N+. The van der Waals surface area contributed by atoms with E-state index in [1.807, 2.05) is 0 Å². The number of pyridine rings is 1. The van der Waals surface area contributed by atoms with Gasteiger partial charge in [-0.1, -0.05) is 48.5 Å². The Bertz CT molecular complexity index is 1410. The zero-order valence-corrected chi connectivity index (χ0v) is 15.6. The minimum Gasteiger partial charge on any atom is -0.200 e. The molecule has 0 fully saturated rings. The Hall–Kier alpha value is -3.19. The molecule has 0 spiro atoms. The van der Waals surface area contributed by atoms with Gasteiger partial charge in [0.2, 0.25) is 5.52 Å². The molecule has 1 heteroatoms. The number of aromatic nitrogens is 1. The minimum absolute atomic E-state index is 1.04. The van der Waals surface area contributed by atoms with Crippen molar-refractivity contribution in [1.82, 2.24) is 0 Å². The van der Waals surface area contributed by atoms with Crippen LogP contribution in [0.4, 0.5) is 0 Å². The molecule has 0 aliphatic heterocycles. The zero-order chi connectivity index (χ0) is 18.1. The van der Waals surface area contributed by atoms with Crippen LogP contribution in [0.1, 0.15) is 16.7 Å². The summed E-state index contributed by atoms with van der Waals surface area (Å²) in [6.07, 6.45) is 3.20. The standard InChI is InChI=1S/C26H20N/c1-16-22-14-17-8-3-4-9-18(17)23(22)15-24-20-11-6-5-10-19(20)21-12-7-13-27(2)26(21)25(16)24/h3-13,15H,14H2,1-2H3/q+1. The van der Waals surface area contributed by atoms with Gasteiger partial charge in [-0.25, -0.2) is 4.57 Å². The molecule has 27 heavy (non-hydrogen) atoms. The van der Waals surface area contributed by atoms with Crippen molar-refractivity contribution in [1.29, 1.82) is 0 Å². The van der Waals surface area contributed by atoms with Crippen LogP contribution < -0.4 is 4.57 Å². The van der Waals surface area contributed by atoms with Crippen LogP contribution >= 0.6 is 0 Å². The van der Waals surface area contributed by atoms with E-state index in [4.69, 9.17) is 0 Å². The lowest BCUT2D eigenvalue weighted by Gasteiger charge is -2.14. The number of hydrogen-bond acceptors (Lipinski definition) is 0. The summed E-state index contributed by atoms with van der Waals surface area (Å²) in [6.45, 7) is 2.31. The van der Waals surface area contributed by atoms with Gasteiger partial charge in [-0.05, 0) is 69.5 Å². The van der Waals surface area contributed by atoms with Crippen molar-refractivity contribution in [3.05, 3.63) is 89.6 Å².